The third kappa shape index (κ3) is 4.62. The molecule has 0 radical (unpaired) electrons. The Morgan fingerprint density at radius 2 is 1.74 bits per heavy atom. The Hall–Kier alpha value is -3.75. The van der Waals surface area contributed by atoms with E-state index in [1.54, 1.807) is 23.1 Å². The Labute approximate surface area is 202 Å². The second-order valence-corrected chi connectivity index (χ2v) is 9.35. The summed E-state index contributed by atoms with van der Waals surface area (Å²) in [7, 11) is 0. The largest absolute Gasteiger partial charge is 0.348 e. The molecule has 3 aliphatic rings. The van der Waals surface area contributed by atoms with E-state index in [-0.39, 0.29) is 23.3 Å². The molecule has 0 atom stereocenters. The van der Waals surface area contributed by atoms with Gasteiger partial charge in [0.25, 0.3) is 5.91 Å². The molecule has 3 heterocycles. The molecule has 0 spiro atoms. The summed E-state index contributed by atoms with van der Waals surface area (Å²) in [6.45, 7) is 1.98. The zero-order chi connectivity index (χ0) is 24.5. The van der Waals surface area contributed by atoms with Crippen LogP contribution in [-0.4, -0.2) is 54.7 Å². The van der Waals surface area contributed by atoms with E-state index in [1.807, 2.05) is 11.0 Å². The molecule has 0 unspecified atom stereocenters. The molecule has 8 nitrogen and oxygen atoms in total. The summed E-state index contributed by atoms with van der Waals surface area (Å²) < 4.78 is 13.9. The van der Waals surface area contributed by atoms with E-state index in [2.05, 4.69) is 10.6 Å². The number of piperidine rings is 1. The Balaban J connectivity index is 1.11. The van der Waals surface area contributed by atoms with Crippen LogP contribution in [0, 0.1) is 11.7 Å². The predicted molar refractivity (Wildman–Crippen MR) is 127 cm³/mol. The third-order valence-electron chi connectivity index (χ3n) is 7.03. The number of nitrogens with zero attached hydrogens (tertiary/aromatic N) is 2. The van der Waals surface area contributed by atoms with Crippen molar-refractivity contribution in [2.24, 2.45) is 5.92 Å². The molecular weight excluding hydrogens is 451 g/mol. The van der Waals surface area contributed by atoms with Crippen molar-refractivity contribution in [3.63, 3.8) is 0 Å². The standard InChI is InChI=1S/C26H27FN4O4/c27-21-6-2-1-5-20(21)26(35)30-10-7-16(8-11-30)15-28-24(33)25(34)29-19-12-17-4-3-9-31-22(32)14-18(13-19)23(17)31/h1-2,5-6,12-13,16H,3-4,7-11,14-15H2,(H,28,33)(H,29,34). The molecule has 9 heteroatoms. The Bertz CT molecular complexity index is 1210. The van der Waals surface area contributed by atoms with Crippen LogP contribution < -0.4 is 15.5 Å². The highest BCUT2D eigenvalue weighted by molar-refractivity contribution is 6.39. The first kappa shape index (κ1) is 23.0. The van der Waals surface area contributed by atoms with Crippen LogP contribution in [0.3, 0.4) is 0 Å². The topological polar surface area (TPSA) is 98.8 Å². The van der Waals surface area contributed by atoms with Gasteiger partial charge in [-0.15, -0.1) is 0 Å². The SMILES string of the molecule is O=C(NCC1CCN(C(=O)c2ccccc2F)CC1)C(=O)Nc1cc2c3c(c1)CC(=O)N3CCC2. The van der Waals surface area contributed by atoms with Gasteiger partial charge in [-0.3, -0.25) is 19.2 Å². The molecule has 0 aliphatic carbocycles. The van der Waals surface area contributed by atoms with Gasteiger partial charge in [-0.05, 0) is 67.0 Å². The van der Waals surface area contributed by atoms with Crippen LogP contribution in [-0.2, 0) is 27.2 Å². The molecule has 1 saturated heterocycles. The minimum atomic E-state index is -0.749. The van der Waals surface area contributed by atoms with E-state index < -0.39 is 17.6 Å². The van der Waals surface area contributed by atoms with Crippen molar-refractivity contribution >= 4 is 35.0 Å². The average molecular weight is 479 g/mol. The normalized spacial score (nSPS) is 17.2. The summed E-state index contributed by atoms with van der Waals surface area (Å²) in [4.78, 5) is 53.1. The highest BCUT2D eigenvalue weighted by Crippen LogP contribution is 2.38. The van der Waals surface area contributed by atoms with E-state index in [9.17, 15) is 23.6 Å². The third-order valence-corrected chi connectivity index (χ3v) is 7.03. The molecule has 1 fully saturated rings. The van der Waals surface area contributed by atoms with E-state index >= 15 is 0 Å². The van der Waals surface area contributed by atoms with Crippen LogP contribution in [0.15, 0.2) is 36.4 Å². The highest BCUT2D eigenvalue weighted by atomic mass is 19.1. The Morgan fingerprint density at radius 1 is 1.00 bits per heavy atom. The zero-order valence-corrected chi connectivity index (χ0v) is 19.3. The monoisotopic (exact) mass is 478 g/mol. The lowest BCUT2D eigenvalue weighted by Crippen LogP contribution is -2.43. The van der Waals surface area contributed by atoms with Crippen molar-refractivity contribution < 1.29 is 23.6 Å². The predicted octanol–water partition coefficient (Wildman–Crippen LogP) is 2.27. The number of carbonyl (C=O) groups is 4. The molecule has 0 aromatic heterocycles. The first-order valence-corrected chi connectivity index (χ1v) is 12.0. The maximum absolute atomic E-state index is 13.9. The molecule has 2 N–H and O–H groups in total. The van der Waals surface area contributed by atoms with Gasteiger partial charge in [-0.1, -0.05) is 12.1 Å². The molecule has 3 aliphatic heterocycles. The first-order valence-electron chi connectivity index (χ1n) is 12.0. The van der Waals surface area contributed by atoms with Crippen LogP contribution in [0.5, 0.6) is 0 Å². The molecule has 2 aromatic carbocycles. The van der Waals surface area contributed by atoms with Gasteiger partial charge in [0, 0.05) is 31.9 Å². The number of benzene rings is 2. The van der Waals surface area contributed by atoms with Crippen molar-refractivity contribution in [3.05, 3.63) is 58.9 Å². The fraction of sp³-hybridized carbons (Fsp3) is 0.385. The fourth-order valence-corrected chi connectivity index (χ4v) is 5.20. The average Bonchev–Trinajstić information content (AvgIpc) is 3.19. The van der Waals surface area contributed by atoms with E-state index in [0.29, 0.717) is 44.6 Å². The van der Waals surface area contributed by atoms with Gasteiger partial charge in [0.2, 0.25) is 5.91 Å². The molecule has 182 valence electrons. The molecule has 4 amide bonds. The minimum Gasteiger partial charge on any atom is -0.348 e. The van der Waals surface area contributed by atoms with Gasteiger partial charge in [0.15, 0.2) is 0 Å². The van der Waals surface area contributed by atoms with Crippen LogP contribution in [0.4, 0.5) is 15.8 Å². The molecule has 0 bridgehead atoms. The van der Waals surface area contributed by atoms with Gasteiger partial charge < -0.3 is 20.4 Å². The summed E-state index contributed by atoms with van der Waals surface area (Å²) in [5.74, 6) is -2.14. The number of carbonyl (C=O) groups excluding carboxylic acids is 4. The minimum absolute atomic E-state index is 0.0636. The lowest BCUT2D eigenvalue weighted by molar-refractivity contribution is -0.136. The number of rotatable bonds is 4. The van der Waals surface area contributed by atoms with Crippen LogP contribution >= 0.6 is 0 Å². The van der Waals surface area contributed by atoms with Crippen molar-refractivity contribution in [1.29, 1.82) is 0 Å². The number of nitrogens with one attached hydrogen (secondary N) is 2. The summed E-state index contributed by atoms with van der Waals surface area (Å²) in [6, 6.07) is 9.55. The van der Waals surface area contributed by atoms with Gasteiger partial charge in [0.1, 0.15) is 5.82 Å². The summed E-state index contributed by atoms with van der Waals surface area (Å²) in [5, 5.41) is 5.35. The highest BCUT2D eigenvalue weighted by Gasteiger charge is 2.33. The van der Waals surface area contributed by atoms with Crippen molar-refractivity contribution in [2.45, 2.75) is 32.1 Å². The van der Waals surface area contributed by atoms with Crippen molar-refractivity contribution in [3.8, 4) is 0 Å². The number of hydrogen-bond acceptors (Lipinski definition) is 4. The summed E-state index contributed by atoms with van der Waals surface area (Å²) >= 11 is 0. The molecule has 35 heavy (non-hydrogen) atoms. The Kier molecular flexibility index (Phi) is 6.23. The van der Waals surface area contributed by atoms with Crippen molar-refractivity contribution in [1.82, 2.24) is 10.2 Å². The van der Waals surface area contributed by atoms with Gasteiger partial charge in [-0.2, -0.15) is 0 Å². The second-order valence-electron chi connectivity index (χ2n) is 9.35. The maximum Gasteiger partial charge on any atom is 0.313 e. The van der Waals surface area contributed by atoms with Gasteiger partial charge >= 0.3 is 11.8 Å². The lowest BCUT2D eigenvalue weighted by Gasteiger charge is -2.32. The molecule has 0 saturated carbocycles. The van der Waals surface area contributed by atoms with Gasteiger partial charge in [0.05, 0.1) is 17.7 Å². The fourth-order valence-electron chi connectivity index (χ4n) is 5.20. The molecular formula is C26H27FN4O4. The van der Waals surface area contributed by atoms with Crippen LogP contribution in [0.2, 0.25) is 0 Å². The zero-order valence-electron chi connectivity index (χ0n) is 19.3. The summed E-state index contributed by atoms with van der Waals surface area (Å²) in [6.07, 6.45) is 3.33. The number of hydrogen-bond donors (Lipinski definition) is 2. The maximum atomic E-state index is 13.9. The lowest BCUT2D eigenvalue weighted by atomic mass is 9.96. The molecule has 2 aromatic rings. The summed E-state index contributed by atoms with van der Waals surface area (Å²) in [5.41, 5.74) is 3.46. The van der Waals surface area contributed by atoms with E-state index in [0.717, 1.165) is 36.2 Å². The van der Waals surface area contributed by atoms with E-state index in [1.165, 1.54) is 12.1 Å². The molecule has 5 rings (SSSR count). The number of aryl methyl sites for hydroxylation is 1. The van der Waals surface area contributed by atoms with E-state index in [4.69, 9.17) is 0 Å². The number of halogens is 1. The first-order chi connectivity index (χ1) is 16.9. The number of amides is 4. The number of anilines is 2. The van der Waals surface area contributed by atoms with Crippen LogP contribution in [0.25, 0.3) is 0 Å². The van der Waals surface area contributed by atoms with Crippen LogP contribution in [0.1, 0.15) is 40.7 Å². The smallest absolute Gasteiger partial charge is 0.313 e. The second kappa shape index (κ2) is 9.48. The van der Waals surface area contributed by atoms with Crippen molar-refractivity contribution in [2.75, 3.05) is 36.4 Å². The Morgan fingerprint density at radius 3 is 2.51 bits per heavy atom. The van der Waals surface area contributed by atoms with Gasteiger partial charge in [-0.25, -0.2) is 4.39 Å². The quantitative estimate of drug-likeness (QED) is 0.659. The number of likely N-dealkylation sites (tertiary alicyclic amines) is 1.